The summed E-state index contributed by atoms with van der Waals surface area (Å²) in [6.07, 6.45) is 4.89. The van der Waals surface area contributed by atoms with Crippen LogP contribution in [-0.2, 0) is 19.1 Å². The van der Waals surface area contributed by atoms with Crippen LogP contribution < -0.4 is 0 Å². The lowest BCUT2D eigenvalue weighted by molar-refractivity contribution is -0.144. The first kappa shape index (κ1) is 28.3. The van der Waals surface area contributed by atoms with Gasteiger partial charge in [-0.2, -0.15) is 11.8 Å². The number of hydrogen-bond donors (Lipinski definition) is 0. The van der Waals surface area contributed by atoms with E-state index in [2.05, 4.69) is 55.4 Å². The molecule has 0 aromatic rings. The fourth-order valence-electron chi connectivity index (χ4n) is 3.60. The van der Waals surface area contributed by atoms with Gasteiger partial charge in [0.2, 0.25) is 0 Å². The van der Waals surface area contributed by atoms with Crippen molar-refractivity contribution in [3.63, 3.8) is 0 Å². The van der Waals surface area contributed by atoms with Crippen LogP contribution in [0.15, 0.2) is 0 Å². The Morgan fingerprint density at radius 1 is 0.724 bits per heavy atom. The molecule has 0 N–H and O–H groups in total. The van der Waals surface area contributed by atoms with Gasteiger partial charge in [-0.15, -0.1) is 0 Å². The second-order valence-electron chi connectivity index (χ2n) is 10.9. The molecule has 0 aromatic carbocycles. The molecule has 0 radical (unpaired) electrons. The van der Waals surface area contributed by atoms with Gasteiger partial charge in [0, 0.05) is 11.5 Å². The van der Waals surface area contributed by atoms with E-state index in [0.717, 1.165) is 25.7 Å². The first-order chi connectivity index (χ1) is 13.3. The predicted molar refractivity (Wildman–Crippen MR) is 124 cm³/mol. The summed E-state index contributed by atoms with van der Waals surface area (Å²) in [5.74, 6) is 2.20. The molecule has 5 heteroatoms. The van der Waals surface area contributed by atoms with Crippen molar-refractivity contribution < 1.29 is 19.1 Å². The molecule has 0 bridgehead atoms. The largest absolute Gasteiger partial charge is 0.466 e. The van der Waals surface area contributed by atoms with Crippen LogP contribution >= 0.6 is 11.8 Å². The Kier molecular flexibility index (Phi) is 14.0. The van der Waals surface area contributed by atoms with Gasteiger partial charge in [0.1, 0.15) is 0 Å². The van der Waals surface area contributed by atoms with E-state index < -0.39 is 0 Å². The van der Waals surface area contributed by atoms with Gasteiger partial charge in [-0.25, -0.2) is 0 Å². The van der Waals surface area contributed by atoms with Gasteiger partial charge < -0.3 is 9.47 Å². The number of carbonyl (C=O) groups excluding carboxylic acids is 2. The topological polar surface area (TPSA) is 52.6 Å². The lowest BCUT2D eigenvalue weighted by Gasteiger charge is -2.23. The van der Waals surface area contributed by atoms with Crippen molar-refractivity contribution in [2.24, 2.45) is 22.7 Å². The van der Waals surface area contributed by atoms with Crippen molar-refractivity contribution in [1.82, 2.24) is 0 Å². The van der Waals surface area contributed by atoms with E-state index >= 15 is 0 Å². The third kappa shape index (κ3) is 20.3. The molecule has 0 aromatic heterocycles. The summed E-state index contributed by atoms with van der Waals surface area (Å²) in [7, 11) is 0. The minimum Gasteiger partial charge on any atom is -0.466 e. The van der Waals surface area contributed by atoms with Crippen molar-refractivity contribution in [1.29, 1.82) is 0 Å². The van der Waals surface area contributed by atoms with Crippen LogP contribution in [0.5, 0.6) is 0 Å². The molecule has 29 heavy (non-hydrogen) atoms. The summed E-state index contributed by atoms with van der Waals surface area (Å²) in [6.45, 7) is 18.8. The average Bonchev–Trinajstić information content (AvgIpc) is 2.51. The van der Waals surface area contributed by atoms with E-state index in [-0.39, 0.29) is 11.9 Å². The van der Waals surface area contributed by atoms with Gasteiger partial charge in [0.15, 0.2) is 0 Å². The first-order valence-corrected chi connectivity index (χ1v) is 12.3. The summed E-state index contributed by atoms with van der Waals surface area (Å²) in [5, 5.41) is 0. The van der Waals surface area contributed by atoms with Gasteiger partial charge in [-0.1, -0.05) is 55.4 Å². The minimum atomic E-state index is -0.143. The minimum absolute atomic E-state index is 0.143. The summed E-state index contributed by atoms with van der Waals surface area (Å²) in [6, 6.07) is 0. The first-order valence-electron chi connectivity index (χ1n) is 11.2. The van der Waals surface area contributed by atoms with Crippen LogP contribution in [0.2, 0.25) is 0 Å². The van der Waals surface area contributed by atoms with Crippen LogP contribution in [0.3, 0.4) is 0 Å². The quantitative estimate of drug-likeness (QED) is 0.232. The molecule has 0 saturated heterocycles. The molecule has 2 unspecified atom stereocenters. The van der Waals surface area contributed by atoms with E-state index in [9.17, 15) is 9.59 Å². The third-order valence-corrected chi connectivity index (χ3v) is 5.56. The zero-order valence-corrected chi connectivity index (χ0v) is 21.1. The summed E-state index contributed by atoms with van der Waals surface area (Å²) < 4.78 is 10.6. The molecular weight excluding hydrogens is 384 g/mol. The van der Waals surface area contributed by atoms with Crippen molar-refractivity contribution in [2.45, 2.75) is 93.9 Å². The van der Waals surface area contributed by atoms with Crippen LogP contribution in [0.25, 0.3) is 0 Å². The van der Waals surface area contributed by atoms with E-state index in [1.807, 2.05) is 0 Å². The molecule has 0 aliphatic rings. The molecule has 4 nitrogen and oxygen atoms in total. The summed E-state index contributed by atoms with van der Waals surface area (Å²) in [5.41, 5.74) is 0.623. The Labute approximate surface area is 184 Å². The number of thioether (sulfide) groups is 1. The third-order valence-electron chi connectivity index (χ3n) is 4.57. The summed E-state index contributed by atoms with van der Waals surface area (Å²) in [4.78, 5) is 23.6. The van der Waals surface area contributed by atoms with E-state index in [0.29, 0.717) is 60.2 Å². The van der Waals surface area contributed by atoms with Gasteiger partial charge in [-0.05, 0) is 48.3 Å². The van der Waals surface area contributed by atoms with E-state index in [1.54, 1.807) is 11.8 Å². The Morgan fingerprint density at radius 2 is 1.07 bits per heavy atom. The van der Waals surface area contributed by atoms with Crippen molar-refractivity contribution in [2.75, 3.05) is 24.7 Å². The summed E-state index contributed by atoms with van der Waals surface area (Å²) >= 11 is 1.60. The highest BCUT2D eigenvalue weighted by Gasteiger charge is 2.16. The number of rotatable bonds is 14. The Bertz CT molecular complexity index is 420. The maximum atomic E-state index is 11.8. The molecule has 0 fully saturated rings. The maximum absolute atomic E-state index is 11.8. The smallest absolute Gasteiger partial charge is 0.306 e. The zero-order chi connectivity index (χ0) is 22.5. The van der Waals surface area contributed by atoms with E-state index in [1.165, 1.54) is 0 Å². The normalized spacial score (nSPS) is 14.3. The zero-order valence-electron chi connectivity index (χ0n) is 20.3. The fourth-order valence-corrected chi connectivity index (χ4v) is 4.43. The fraction of sp³-hybridized carbons (Fsp3) is 0.917. The van der Waals surface area contributed by atoms with Gasteiger partial charge >= 0.3 is 11.9 Å². The standard InChI is InChI=1S/C24H46O4S/c1-19(17-23(3,4)5)9-13-27-21(25)11-15-29-16-12-22(26)28-14-10-20(2)18-24(6,7)8/h19-20H,9-18H2,1-8H3. The van der Waals surface area contributed by atoms with Crippen LogP contribution in [0.4, 0.5) is 0 Å². The highest BCUT2D eigenvalue weighted by atomic mass is 32.2. The molecule has 0 heterocycles. The molecule has 0 amide bonds. The Morgan fingerprint density at radius 3 is 1.38 bits per heavy atom. The van der Waals surface area contributed by atoms with Crippen molar-refractivity contribution in [3.8, 4) is 0 Å². The Balaban J connectivity index is 3.63. The van der Waals surface area contributed by atoms with Crippen LogP contribution in [-0.4, -0.2) is 36.7 Å². The van der Waals surface area contributed by atoms with Crippen molar-refractivity contribution in [3.05, 3.63) is 0 Å². The van der Waals surface area contributed by atoms with Crippen LogP contribution in [0, 0.1) is 22.7 Å². The monoisotopic (exact) mass is 430 g/mol. The van der Waals surface area contributed by atoms with Gasteiger partial charge in [0.05, 0.1) is 26.1 Å². The number of esters is 2. The highest BCUT2D eigenvalue weighted by molar-refractivity contribution is 7.99. The number of carbonyl (C=O) groups is 2. The number of hydrogen-bond acceptors (Lipinski definition) is 5. The van der Waals surface area contributed by atoms with Gasteiger partial charge in [-0.3, -0.25) is 9.59 Å². The van der Waals surface area contributed by atoms with Crippen molar-refractivity contribution >= 4 is 23.7 Å². The van der Waals surface area contributed by atoms with Crippen LogP contribution in [0.1, 0.15) is 93.9 Å². The number of ether oxygens (including phenoxy) is 2. The predicted octanol–water partition coefficient (Wildman–Crippen LogP) is 6.51. The van der Waals surface area contributed by atoms with E-state index in [4.69, 9.17) is 9.47 Å². The lowest BCUT2D eigenvalue weighted by Crippen LogP contribution is -2.15. The molecular formula is C24H46O4S. The molecule has 0 spiro atoms. The SMILES string of the molecule is CC(CCOC(=O)CCSCCC(=O)OCCC(C)CC(C)(C)C)CC(C)(C)C. The molecule has 0 rings (SSSR count). The molecule has 0 saturated carbocycles. The second-order valence-corrected chi connectivity index (χ2v) is 12.1. The highest BCUT2D eigenvalue weighted by Crippen LogP contribution is 2.26. The average molecular weight is 431 g/mol. The molecule has 2 atom stereocenters. The Hall–Kier alpha value is -0.710. The van der Waals surface area contributed by atoms with Gasteiger partial charge in [0.25, 0.3) is 0 Å². The molecule has 0 aliphatic heterocycles. The molecule has 172 valence electrons. The second kappa shape index (κ2) is 14.3. The lowest BCUT2D eigenvalue weighted by atomic mass is 9.84. The maximum Gasteiger partial charge on any atom is 0.306 e. The molecule has 0 aliphatic carbocycles.